The third-order valence-corrected chi connectivity index (χ3v) is 14.3. The summed E-state index contributed by atoms with van der Waals surface area (Å²) in [5.41, 5.74) is 0. The standard InChI is InChI=1S/C77H126O6/c1-4-7-10-13-16-19-22-25-28-30-32-33-34-35-36-37-38-39-40-41-42-43-45-46-49-52-55-58-61-64-67-70-76(79)82-73-74(72-81-75(78)69-66-63-60-57-54-51-48-27-24-21-18-15-12-9-6-3)83-77(80)71-68-65-62-59-56-53-50-47-44-31-29-26-23-20-17-14-11-8-5-2/h8-9,11-12,17-18,20-22,25-27,29-30,32,44,47-48,53-54,56-57,62,65,74H,4-7,10,13-16,19,23-24,28,31,33-43,45-46,49-52,55,58-61,63-64,66-73H2,1-3H3/b11-8-,12-9-,20-17-,21-18-,25-22-,29-26-,32-30-,47-44-,48-27-,56-53-,57-54-,65-62-. The van der Waals surface area contributed by atoms with E-state index in [0.717, 1.165) is 103 Å². The molecule has 0 heterocycles. The van der Waals surface area contributed by atoms with Gasteiger partial charge in [-0.2, -0.15) is 0 Å². The van der Waals surface area contributed by atoms with E-state index in [1.54, 1.807) is 0 Å². The molecule has 0 aliphatic rings. The fraction of sp³-hybridized carbons (Fsp3) is 0.649. The van der Waals surface area contributed by atoms with Crippen molar-refractivity contribution in [3.05, 3.63) is 146 Å². The van der Waals surface area contributed by atoms with E-state index >= 15 is 0 Å². The number of carbonyl (C=O) groups excluding carboxylic acids is 3. The van der Waals surface area contributed by atoms with Crippen LogP contribution in [0, 0.1) is 0 Å². The summed E-state index contributed by atoms with van der Waals surface area (Å²) in [6.07, 6.45) is 100. The number of esters is 3. The molecule has 0 saturated carbocycles. The highest BCUT2D eigenvalue weighted by molar-refractivity contribution is 5.71. The number of carbonyl (C=O) groups is 3. The van der Waals surface area contributed by atoms with Crippen molar-refractivity contribution in [3.8, 4) is 0 Å². The Hall–Kier alpha value is -4.71. The van der Waals surface area contributed by atoms with Gasteiger partial charge >= 0.3 is 17.9 Å². The minimum atomic E-state index is -0.842. The van der Waals surface area contributed by atoms with Crippen LogP contribution in [0.4, 0.5) is 0 Å². The van der Waals surface area contributed by atoms with E-state index in [1.807, 2.05) is 12.2 Å². The molecule has 6 heteroatoms. The molecule has 1 atom stereocenters. The molecule has 470 valence electrons. The average Bonchev–Trinajstić information content (AvgIpc) is 3.49. The van der Waals surface area contributed by atoms with Crippen LogP contribution in [-0.4, -0.2) is 37.2 Å². The lowest BCUT2D eigenvalue weighted by Crippen LogP contribution is -2.30. The number of hydrogen-bond donors (Lipinski definition) is 0. The first-order valence-electron chi connectivity index (χ1n) is 34.3. The van der Waals surface area contributed by atoms with Crippen LogP contribution in [0.15, 0.2) is 146 Å². The van der Waals surface area contributed by atoms with Crippen molar-refractivity contribution in [2.75, 3.05) is 13.2 Å². The van der Waals surface area contributed by atoms with Gasteiger partial charge in [0, 0.05) is 19.3 Å². The Bertz CT molecular complexity index is 1800. The van der Waals surface area contributed by atoms with E-state index in [2.05, 4.69) is 154 Å². The highest BCUT2D eigenvalue weighted by Gasteiger charge is 2.19. The zero-order valence-corrected chi connectivity index (χ0v) is 53.9. The lowest BCUT2D eigenvalue weighted by Gasteiger charge is -2.18. The topological polar surface area (TPSA) is 78.9 Å². The summed E-state index contributed by atoms with van der Waals surface area (Å²) in [6.45, 7) is 6.32. The van der Waals surface area contributed by atoms with Gasteiger partial charge < -0.3 is 14.2 Å². The summed E-state index contributed by atoms with van der Waals surface area (Å²) in [6, 6.07) is 0. The number of hydrogen-bond acceptors (Lipinski definition) is 6. The van der Waals surface area contributed by atoms with Crippen LogP contribution in [-0.2, 0) is 28.6 Å². The van der Waals surface area contributed by atoms with Crippen molar-refractivity contribution in [1.82, 2.24) is 0 Å². The second kappa shape index (κ2) is 69.8. The van der Waals surface area contributed by atoms with Crippen LogP contribution < -0.4 is 0 Å². The third kappa shape index (κ3) is 68.0. The van der Waals surface area contributed by atoms with Gasteiger partial charge in [-0.15, -0.1) is 0 Å². The molecule has 0 rings (SSSR count). The maximum atomic E-state index is 12.9. The maximum absolute atomic E-state index is 12.9. The van der Waals surface area contributed by atoms with Gasteiger partial charge in [0.25, 0.3) is 0 Å². The minimum absolute atomic E-state index is 0.125. The summed E-state index contributed by atoms with van der Waals surface area (Å²) in [7, 11) is 0. The first-order valence-corrected chi connectivity index (χ1v) is 34.3. The van der Waals surface area contributed by atoms with Gasteiger partial charge in [0.2, 0.25) is 0 Å². The first-order chi connectivity index (χ1) is 41.0. The lowest BCUT2D eigenvalue weighted by molar-refractivity contribution is -0.166. The SMILES string of the molecule is CC/C=C\C/C=C\C/C=C\C/C=C\C/C=C\C/C=C\CCC(=O)OC(COC(=O)CCCC/C=C\C/C=C\C/C=C\C/C=C\CC)COC(=O)CCCCCCCCCCCCCCCCCCCCC/C=C\C/C=C\CCCCCCC. The van der Waals surface area contributed by atoms with Crippen molar-refractivity contribution in [2.45, 2.75) is 309 Å². The van der Waals surface area contributed by atoms with Crippen LogP contribution >= 0.6 is 0 Å². The second-order valence-electron chi connectivity index (χ2n) is 22.3. The fourth-order valence-corrected chi connectivity index (χ4v) is 9.26. The lowest BCUT2D eigenvalue weighted by atomic mass is 10.0. The Morgan fingerprint density at radius 2 is 0.494 bits per heavy atom. The van der Waals surface area contributed by atoms with Gasteiger partial charge in [0.1, 0.15) is 13.2 Å². The zero-order valence-electron chi connectivity index (χ0n) is 53.9. The molecule has 1 unspecified atom stereocenters. The van der Waals surface area contributed by atoms with Crippen LogP contribution in [0.3, 0.4) is 0 Å². The van der Waals surface area contributed by atoms with Crippen molar-refractivity contribution in [1.29, 1.82) is 0 Å². The van der Waals surface area contributed by atoms with Crippen molar-refractivity contribution in [3.63, 3.8) is 0 Å². The number of rotatable bonds is 61. The molecule has 0 aliphatic heterocycles. The van der Waals surface area contributed by atoms with E-state index in [9.17, 15) is 14.4 Å². The number of allylic oxidation sites excluding steroid dienone is 24. The molecule has 0 aromatic heterocycles. The second-order valence-corrected chi connectivity index (χ2v) is 22.3. The monoisotopic (exact) mass is 1150 g/mol. The highest BCUT2D eigenvalue weighted by atomic mass is 16.6. The molecule has 0 spiro atoms. The van der Waals surface area contributed by atoms with Gasteiger partial charge in [0.15, 0.2) is 6.10 Å². The summed E-state index contributed by atoms with van der Waals surface area (Å²) < 4.78 is 16.8. The van der Waals surface area contributed by atoms with Crippen molar-refractivity contribution in [2.24, 2.45) is 0 Å². The van der Waals surface area contributed by atoms with Gasteiger partial charge in [-0.05, 0) is 128 Å². The number of ether oxygens (including phenoxy) is 3. The summed E-state index contributed by atoms with van der Waals surface area (Å²) in [5.74, 6) is -1.05. The van der Waals surface area contributed by atoms with E-state index in [4.69, 9.17) is 14.2 Å². The van der Waals surface area contributed by atoms with Crippen LogP contribution in [0.5, 0.6) is 0 Å². The van der Waals surface area contributed by atoms with E-state index < -0.39 is 12.1 Å². The molecule has 0 radical (unpaired) electrons. The van der Waals surface area contributed by atoms with Gasteiger partial charge in [0.05, 0.1) is 0 Å². The normalized spacial score (nSPS) is 13.0. The summed E-state index contributed by atoms with van der Waals surface area (Å²) >= 11 is 0. The van der Waals surface area contributed by atoms with E-state index in [-0.39, 0.29) is 38.0 Å². The predicted octanol–water partition coefficient (Wildman–Crippen LogP) is 23.9. The zero-order chi connectivity index (χ0) is 59.9. The first kappa shape index (κ1) is 78.3. The molecule has 0 fully saturated rings. The third-order valence-electron chi connectivity index (χ3n) is 14.3. The van der Waals surface area contributed by atoms with E-state index in [0.29, 0.717) is 19.3 Å². The molecule has 0 aliphatic carbocycles. The molecule has 0 amide bonds. The van der Waals surface area contributed by atoms with Gasteiger partial charge in [-0.3, -0.25) is 14.4 Å². The van der Waals surface area contributed by atoms with Crippen LogP contribution in [0.1, 0.15) is 303 Å². The smallest absolute Gasteiger partial charge is 0.306 e. The average molecular weight is 1150 g/mol. The van der Waals surface area contributed by atoms with Crippen LogP contribution in [0.25, 0.3) is 0 Å². The Kier molecular flexibility index (Phi) is 65.8. The predicted molar refractivity (Wildman–Crippen MR) is 362 cm³/mol. The molecular formula is C77H126O6. The summed E-state index contributed by atoms with van der Waals surface area (Å²) in [5, 5.41) is 0. The molecule has 6 nitrogen and oxygen atoms in total. The molecule has 0 aromatic carbocycles. The Morgan fingerprint density at radius 1 is 0.253 bits per heavy atom. The van der Waals surface area contributed by atoms with Crippen LogP contribution in [0.2, 0.25) is 0 Å². The fourth-order valence-electron chi connectivity index (χ4n) is 9.26. The largest absolute Gasteiger partial charge is 0.462 e. The Labute approximate surface area is 512 Å². The molecule has 0 bridgehead atoms. The highest BCUT2D eigenvalue weighted by Crippen LogP contribution is 2.16. The van der Waals surface area contributed by atoms with Crippen molar-refractivity contribution >= 4 is 17.9 Å². The Morgan fingerprint density at radius 3 is 0.807 bits per heavy atom. The molecule has 83 heavy (non-hydrogen) atoms. The van der Waals surface area contributed by atoms with E-state index in [1.165, 1.54) is 148 Å². The quantitative estimate of drug-likeness (QED) is 0.0261. The number of unbranched alkanes of at least 4 members (excludes halogenated alkanes) is 26. The molecule has 0 aromatic rings. The Balaban J connectivity index is 4.35. The molecule has 0 N–H and O–H groups in total. The molecular weight excluding hydrogens is 1020 g/mol. The van der Waals surface area contributed by atoms with Crippen molar-refractivity contribution < 1.29 is 28.6 Å². The minimum Gasteiger partial charge on any atom is -0.462 e. The van der Waals surface area contributed by atoms with Gasteiger partial charge in [-0.1, -0.05) is 301 Å². The maximum Gasteiger partial charge on any atom is 0.306 e. The van der Waals surface area contributed by atoms with Gasteiger partial charge in [-0.25, -0.2) is 0 Å². The summed E-state index contributed by atoms with van der Waals surface area (Å²) in [4.78, 5) is 38.3. The molecule has 0 saturated heterocycles.